The van der Waals surface area contributed by atoms with Gasteiger partial charge in [-0.05, 0) is 19.1 Å². The van der Waals surface area contributed by atoms with Gasteiger partial charge in [0.05, 0.1) is 17.6 Å². The van der Waals surface area contributed by atoms with Crippen molar-refractivity contribution in [3.8, 4) is 5.75 Å². The summed E-state index contributed by atoms with van der Waals surface area (Å²) < 4.78 is 5.13. The number of ether oxygens (including phenoxy) is 1. The molecule has 106 valence electrons. The lowest BCUT2D eigenvalue weighted by atomic mass is 10.2. The van der Waals surface area contributed by atoms with E-state index in [9.17, 15) is 19.7 Å². The van der Waals surface area contributed by atoms with Gasteiger partial charge >= 0.3 is 5.97 Å². The van der Waals surface area contributed by atoms with Crippen LogP contribution in [0.15, 0.2) is 30.4 Å². The van der Waals surface area contributed by atoms with Gasteiger partial charge in [0.15, 0.2) is 0 Å². The van der Waals surface area contributed by atoms with Crippen LogP contribution < -0.4 is 10.1 Å². The monoisotopic (exact) mass is 280 g/mol. The Bertz CT molecular complexity index is 567. The van der Waals surface area contributed by atoms with Crippen LogP contribution in [0.5, 0.6) is 5.75 Å². The molecule has 1 aromatic carbocycles. The van der Waals surface area contributed by atoms with E-state index in [0.717, 1.165) is 6.08 Å². The number of amides is 1. The first-order valence-corrected chi connectivity index (χ1v) is 5.57. The Hall–Kier alpha value is -2.90. The summed E-state index contributed by atoms with van der Waals surface area (Å²) in [5, 5.41) is 21.5. The summed E-state index contributed by atoms with van der Waals surface area (Å²) in [7, 11) is 0. The molecule has 0 heterocycles. The molecule has 8 heteroatoms. The third-order valence-electron chi connectivity index (χ3n) is 2.11. The van der Waals surface area contributed by atoms with E-state index in [1.807, 2.05) is 0 Å². The van der Waals surface area contributed by atoms with Crippen LogP contribution in [0.4, 0.5) is 11.4 Å². The number of rotatable bonds is 6. The normalized spacial score (nSPS) is 10.2. The Morgan fingerprint density at radius 3 is 2.70 bits per heavy atom. The maximum Gasteiger partial charge on any atom is 0.328 e. The molecule has 2 N–H and O–H groups in total. The Balaban J connectivity index is 2.97. The molecule has 0 aromatic heterocycles. The molecule has 0 spiro atoms. The maximum absolute atomic E-state index is 11.4. The molecule has 0 aliphatic carbocycles. The minimum atomic E-state index is -1.29. The van der Waals surface area contributed by atoms with Crippen LogP contribution >= 0.6 is 0 Å². The number of carbonyl (C=O) groups is 2. The van der Waals surface area contributed by atoms with Gasteiger partial charge in [-0.2, -0.15) is 0 Å². The van der Waals surface area contributed by atoms with Gasteiger partial charge in [0.25, 0.3) is 5.69 Å². The number of aliphatic carboxylic acids is 1. The standard InChI is InChI=1S/C12H12N2O6/c1-2-20-8-3-4-9(10(7-8)14(18)19)13-11(15)5-6-12(16)17/h3-7H,2H2,1H3,(H,13,15)(H,16,17)/b6-5-. The molecule has 20 heavy (non-hydrogen) atoms. The highest BCUT2D eigenvalue weighted by molar-refractivity contribution is 6.03. The fourth-order valence-corrected chi connectivity index (χ4v) is 1.35. The number of carbonyl (C=O) groups excluding carboxylic acids is 1. The second-order valence-corrected chi connectivity index (χ2v) is 3.53. The number of nitro benzene ring substituents is 1. The van der Waals surface area contributed by atoms with Gasteiger partial charge < -0.3 is 15.2 Å². The minimum absolute atomic E-state index is 0.0431. The average Bonchev–Trinajstić information content (AvgIpc) is 2.38. The topological polar surface area (TPSA) is 119 Å². The van der Waals surface area contributed by atoms with E-state index in [4.69, 9.17) is 9.84 Å². The van der Waals surface area contributed by atoms with Crippen molar-refractivity contribution < 1.29 is 24.4 Å². The van der Waals surface area contributed by atoms with Crippen molar-refractivity contribution in [3.05, 3.63) is 40.5 Å². The number of hydrogen-bond donors (Lipinski definition) is 2. The first-order chi connectivity index (χ1) is 9.43. The summed E-state index contributed by atoms with van der Waals surface area (Å²) >= 11 is 0. The van der Waals surface area contributed by atoms with Crippen molar-refractivity contribution in [2.75, 3.05) is 11.9 Å². The second-order valence-electron chi connectivity index (χ2n) is 3.53. The fraction of sp³-hybridized carbons (Fsp3) is 0.167. The van der Waals surface area contributed by atoms with E-state index in [1.165, 1.54) is 18.2 Å². The van der Waals surface area contributed by atoms with Crippen molar-refractivity contribution in [1.29, 1.82) is 0 Å². The summed E-state index contributed by atoms with van der Waals surface area (Å²) in [6.07, 6.45) is 1.40. The van der Waals surface area contributed by atoms with Crippen LogP contribution in [-0.2, 0) is 9.59 Å². The van der Waals surface area contributed by atoms with Crippen molar-refractivity contribution in [2.24, 2.45) is 0 Å². The van der Waals surface area contributed by atoms with E-state index in [2.05, 4.69) is 5.32 Å². The van der Waals surface area contributed by atoms with E-state index >= 15 is 0 Å². The van der Waals surface area contributed by atoms with Crippen molar-refractivity contribution >= 4 is 23.3 Å². The Labute approximate surface area is 113 Å². The quantitative estimate of drug-likeness (QED) is 0.463. The van der Waals surface area contributed by atoms with E-state index in [0.29, 0.717) is 18.4 Å². The average molecular weight is 280 g/mol. The molecule has 0 aliphatic heterocycles. The number of nitrogens with zero attached hydrogens (tertiary/aromatic N) is 1. The largest absolute Gasteiger partial charge is 0.494 e. The molecule has 0 fully saturated rings. The number of anilines is 1. The molecule has 0 atom stereocenters. The molecule has 0 unspecified atom stereocenters. The Morgan fingerprint density at radius 1 is 1.45 bits per heavy atom. The van der Waals surface area contributed by atoms with Gasteiger partial charge in [-0.1, -0.05) is 0 Å². The fourth-order valence-electron chi connectivity index (χ4n) is 1.35. The zero-order valence-corrected chi connectivity index (χ0v) is 10.5. The lowest BCUT2D eigenvalue weighted by molar-refractivity contribution is -0.384. The highest BCUT2D eigenvalue weighted by Gasteiger charge is 2.16. The van der Waals surface area contributed by atoms with Gasteiger partial charge in [-0.3, -0.25) is 14.9 Å². The molecular weight excluding hydrogens is 268 g/mol. The van der Waals surface area contributed by atoms with Gasteiger partial charge in [-0.25, -0.2) is 4.79 Å². The van der Waals surface area contributed by atoms with Crippen LogP contribution in [0.2, 0.25) is 0 Å². The second kappa shape index (κ2) is 6.88. The molecule has 0 saturated carbocycles. The zero-order chi connectivity index (χ0) is 15.1. The summed E-state index contributed by atoms with van der Waals surface area (Å²) in [5.41, 5.74) is -0.383. The first-order valence-electron chi connectivity index (χ1n) is 5.57. The van der Waals surface area contributed by atoms with Crippen LogP contribution in [0.3, 0.4) is 0 Å². The molecule has 0 aliphatic rings. The predicted octanol–water partition coefficient (Wildman–Crippen LogP) is 1.57. The van der Waals surface area contributed by atoms with E-state index < -0.39 is 16.8 Å². The number of benzene rings is 1. The highest BCUT2D eigenvalue weighted by atomic mass is 16.6. The van der Waals surface area contributed by atoms with E-state index in [1.54, 1.807) is 6.92 Å². The predicted molar refractivity (Wildman–Crippen MR) is 69.7 cm³/mol. The van der Waals surface area contributed by atoms with Gasteiger partial charge in [0, 0.05) is 12.2 Å². The van der Waals surface area contributed by atoms with E-state index in [-0.39, 0.29) is 11.4 Å². The van der Waals surface area contributed by atoms with Gasteiger partial charge in [-0.15, -0.1) is 0 Å². The molecular formula is C12H12N2O6. The summed E-state index contributed by atoms with van der Waals surface area (Å²) in [6.45, 7) is 2.09. The lowest BCUT2D eigenvalue weighted by Crippen LogP contribution is -2.10. The summed E-state index contributed by atoms with van der Waals surface area (Å²) in [4.78, 5) is 31.9. The smallest absolute Gasteiger partial charge is 0.328 e. The Morgan fingerprint density at radius 2 is 2.15 bits per heavy atom. The van der Waals surface area contributed by atoms with Crippen LogP contribution in [0.25, 0.3) is 0 Å². The van der Waals surface area contributed by atoms with Crippen LogP contribution in [0.1, 0.15) is 6.92 Å². The molecule has 0 radical (unpaired) electrons. The Kier molecular flexibility index (Phi) is 5.21. The van der Waals surface area contributed by atoms with Gasteiger partial charge in [0.2, 0.25) is 5.91 Å². The molecule has 1 rings (SSSR count). The maximum atomic E-state index is 11.4. The number of nitro groups is 1. The van der Waals surface area contributed by atoms with Crippen LogP contribution in [0, 0.1) is 10.1 Å². The lowest BCUT2D eigenvalue weighted by Gasteiger charge is -2.06. The van der Waals surface area contributed by atoms with Crippen molar-refractivity contribution in [1.82, 2.24) is 0 Å². The molecule has 0 bridgehead atoms. The number of hydrogen-bond acceptors (Lipinski definition) is 5. The third-order valence-corrected chi connectivity index (χ3v) is 2.11. The van der Waals surface area contributed by atoms with Crippen molar-refractivity contribution in [2.45, 2.75) is 6.92 Å². The zero-order valence-electron chi connectivity index (χ0n) is 10.5. The highest BCUT2D eigenvalue weighted by Crippen LogP contribution is 2.29. The number of carboxylic acid groups (broad SMARTS) is 1. The molecule has 8 nitrogen and oxygen atoms in total. The molecule has 0 saturated heterocycles. The number of carboxylic acids is 1. The third kappa shape index (κ3) is 4.41. The SMILES string of the molecule is CCOc1ccc(NC(=O)/C=C\C(=O)O)c([N+](=O)[O-])c1. The molecule has 1 aromatic rings. The van der Waals surface area contributed by atoms with Crippen molar-refractivity contribution in [3.63, 3.8) is 0 Å². The summed E-state index contributed by atoms with van der Waals surface area (Å²) in [5.74, 6) is -1.76. The first kappa shape index (κ1) is 15.2. The van der Waals surface area contributed by atoms with Crippen LogP contribution in [-0.4, -0.2) is 28.5 Å². The van der Waals surface area contributed by atoms with Gasteiger partial charge in [0.1, 0.15) is 11.4 Å². The minimum Gasteiger partial charge on any atom is -0.494 e. The summed E-state index contributed by atoms with van der Waals surface area (Å²) in [6, 6.07) is 3.96. The molecule has 1 amide bonds. The number of nitrogens with one attached hydrogen (secondary N) is 1.